The second kappa shape index (κ2) is 4.95. The monoisotopic (exact) mass is 301 g/mol. The van der Waals surface area contributed by atoms with Crippen molar-refractivity contribution in [2.75, 3.05) is 0 Å². The number of H-pyrrole nitrogens is 1. The topological polar surface area (TPSA) is 71.8 Å². The Morgan fingerprint density at radius 2 is 1.91 bits per heavy atom. The fourth-order valence-electron chi connectivity index (χ4n) is 3.20. The second-order valence-electron chi connectivity index (χ2n) is 5.64. The Bertz CT molecular complexity index is 1060. The van der Waals surface area contributed by atoms with Crippen molar-refractivity contribution in [3.63, 3.8) is 0 Å². The minimum absolute atomic E-state index is 0.418. The molecule has 0 spiro atoms. The fraction of sp³-hybridized carbons (Fsp3) is 0.0526. The lowest BCUT2D eigenvalue weighted by Gasteiger charge is -2.11. The van der Waals surface area contributed by atoms with Crippen molar-refractivity contribution in [3.8, 4) is 11.1 Å². The number of nitrogens with two attached hydrogens (primary N) is 1. The Labute approximate surface area is 133 Å². The standard InChI is InChI=1S/C19H15N3O/c1-11-4-2-7-14(19(20)23)17(11)13-6-3-5-12-15-10-21-9-8-16(15)22-18(12)13/h2-10,22H,1H3,(H2,20,23). The zero-order valence-corrected chi connectivity index (χ0v) is 12.6. The van der Waals surface area contributed by atoms with Gasteiger partial charge in [0.05, 0.1) is 5.52 Å². The number of fused-ring (bicyclic) bond motifs is 3. The number of benzene rings is 2. The molecule has 0 unspecified atom stereocenters. The number of nitrogens with zero attached hydrogens (tertiary/aromatic N) is 1. The van der Waals surface area contributed by atoms with E-state index in [2.05, 4.69) is 16.0 Å². The number of rotatable bonds is 2. The molecule has 4 rings (SSSR count). The SMILES string of the molecule is Cc1cccc(C(N)=O)c1-c1cccc2c1[nH]c1ccncc12. The maximum Gasteiger partial charge on any atom is 0.249 e. The third-order valence-corrected chi connectivity index (χ3v) is 4.24. The first-order valence-electron chi connectivity index (χ1n) is 7.41. The molecule has 0 radical (unpaired) electrons. The molecule has 0 aliphatic rings. The van der Waals surface area contributed by atoms with Crippen molar-refractivity contribution in [2.24, 2.45) is 5.73 Å². The van der Waals surface area contributed by atoms with Crippen molar-refractivity contribution in [3.05, 3.63) is 66.0 Å². The number of hydrogen-bond donors (Lipinski definition) is 2. The largest absolute Gasteiger partial charge is 0.366 e. The van der Waals surface area contributed by atoms with Gasteiger partial charge in [-0.1, -0.05) is 30.3 Å². The maximum absolute atomic E-state index is 11.9. The molecule has 0 saturated carbocycles. The number of carbonyl (C=O) groups is 1. The van der Waals surface area contributed by atoms with E-state index in [-0.39, 0.29) is 0 Å². The molecule has 23 heavy (non-hydrogen) atoms. The molecule has 0 atom stereocenters. The quantitative estimate of drug-likeness (QED) is 0.591. The molecule has 0 saturated heterocycles. The van der Waals surface area contributed by atoms with Crippen molar-refractivity contribution in [1.82, 2.24) is 9.97 Å². The average Bonchev–Trinajstić information content (AvgIpc) is 2.93. The van der Waals surface area contributed by atoms with E-state index >= 15 is 0 Å². The van der Waals surface area contributed by atoms with Crippen LogP contribution < -0.4 is 5.73 Å². The Kier molecular flexibility index (Phi) is 2.91. The number of hydrogen-bond acceptors (Lipinski definition) is 2. The van der Waals surface area contributed by atoms with Crippen LogP contribution in [0.3, 0.4) is 0 Å². The predicted octanol–water partition coefficient (Wildman–Crippen LogP) is 3.79. The second-order valence-corrected chi connectivity index (χ2v) is 5.64. The molecular weight excluding hydrogens is 286 g/mol. The molecule has 4 aromatic rings. The van der Waals surface area contributed by atoms with Gasteiger partial charge in [0.15, 0.2) is 0 Å². The minimum atomic E-state index is -0.418. The van der Waals surface area contributed by atoms with Crippen LogP contribution in [0, 0.1) is 6.92 Å². The normalized spacial score (nSPS) is 11.2. The van der Waals surface area contributed by atoms with Gasteiger partial charge in [0.25, 0.3) is 0 Å². The van der Waals surface area contributed by atoms with E-state index in [1.54, 1.807) is 12.3 Å². The van der Waals surface area contributed by atoms with Gasteiger partial charge >= 0.3 is 0 Å². The van der Waals surface area contributed by atoms with E-state index in [1.165, 1.54) is 0 Å². The average molecular weight is 301 g/mol. The lowest BCUT2D eigenvalue weighted by molar-refractivity contribution is 0.100. The van der Waals surface area contributed by atoms with E-state index in [9.17, 15) is 4.79 Å². The molecule has 0 aliphatic carbocycles. The van der Waals surface area contributed by atoms with E-state index in [4.69, 9.17) is 5.73 Å². The number of amides is 1. The fourth-order valence-corrected chi connectivity index (χ4v) is 3.20. The molecule has 2 aromatic carbocycles. The molecule has 1 amide bonds. The molecule has 3 N–H and O–H groups in total. The van der Waals surface area contributed by atoms with Crippen molar-refractivity contribution in [1.29, 1.82) is 0 Å². The number of aromatic nitrogens is 2. The number of aryl methyl sites for hydroxylation is 1. The summed E-state index contributed by atoms with van der Waals surface area (Å²) in [6, 6.07) is 13.6. The van der Waals surface area contributed by atoms with Gasteiger partial charge in [-0.3, -0.25) is 9.78 Å². The molecule has 0 bridgehead atoms. The number of aromatic amines is 1. The molecule has 112 valence electrons. The number of primary amides is 1. The lowest BCUT2D eigenvalue weighted by Crippen LogP contribution is -2.13. The smallest absolute Gasteiger partial charge is 0.249 e. The Hall–Kier alpha value is -3.14. The van der Waals surface area contributed by atoms with Crippen molar-refractivity contribution >= 4 is 27.7 Å². The number of nitrogens with one attached hydrogen (secondary N) is 1. The van der Waals surface area contributed by atoms with Crippen LogP contribution in [-0.4, -0.2) is 15.9 Å². The van der Waals surface area contributed by atoms with Gasteiger partial charge in [-0.05, 0) is 30.2 Å². The van der Waals surface area contributed by atoms with E-state index in [0.29, 0.717) is 5.56 Å². The Morgan fingerprint density at radius 3 is 2.74 bits per heavy atom. The Morgan fingerprint density at radius 1 is 1.09 bits per heavy atom. The van der Waals surface area contributed by atoms with Crippen LogP contribution >= 0.6 is 0 Å². The molecule has 4 heteroatoms. The summed E-state index contributed by atoms with van der Waals surface area (Å²) in [5.41, 5.74) is 11.0. The zero-order chi connectivity index (χ0) is 16.0. The van der Waals surface area contributed by atoms with E-state index < -0.39 is 5.91 Å². The van der Waals surface area contributed by atoms with Gasteiger partial charge in [0, 0.05) is 39.8 Å². The van der Waals surface area contributed by atoms with Gasteiger partial charge in [-0.15, -0.1) is 0 Å². The summed E-state index contributed by atoms with van der Waals surface area (Å²) >= 11 is 0. The summed E-state index contributed by atoms with van der Waals surface area (Å²) in [6.45, 7) is 1.99. The van der Waals surface area contributed by atoms with Gasteiger partial charge in [-0.25, -0.2) is 0 Å². The third kappa shape index (κ3) is 1.99. The number of carbonyl (C=O) groups excluding carboxylic acids is 1. The molecule has 0 fully saturated rings. The van der Waals surface area contributed by atoms with E-state index in [1.807, 2.05) is 43.5 Å². The highest BCUT2D eigenvalue weighted by atomic mass is 16.1. The predicted molar refractivity (Wildman–Crippen MR) is 92.3 cm³/mol. The van der Waals surface area contributed by atoms with Crippen LogP contribution in [0.15, 0.2) is 54.9 Å². The van der Waals surface area contributed by atoms with Crippen LogP contribution in [0.1, 0.15) is 15.9 Å². The summed E-state index contributed by atoms with van der Waals surface area (Å²) < 4.78 is 0. The van der Waals surface area contributed by atoms with Crippen LogP contribution in [0.5, 0.6) is 0 Å². The first-order valence-corrected chi connectivity index (χ1v) is 7.41. The van der Waals surface area contributed by atoms with Crippen LogP contribution in [0.4, 0.5) is 0 Å². The summed E-state index contributed by atoms with van der Waals surface area (Å²) in [5, 5.41) is 2.16. The highest BCUT2D eigenvalue weighted by Gasteiger charge is 2.16. The lowest BCUT2D eigenvalue weighted by atomic mass is 9.93. The first kappa shape index (κ1) is 13.5. The molecular formula is C19H15N3O. The molecule has 4 nitrogen and oxygen atoms in total. The highest BCUT2D eigenvalue weighted by molar-refractivity contribution is 6.13. The third-order valence-electron chi connectivity index (χ3n) is 4.24. The van der Waals surface area contributed by atoms with Gasteiger partial charge in [-0.2, -0.15) is 0 Å². The molecule has 2 aromatic heterocycles. The summed E-state index contributed by atoms with van der Waals surface area (Å²) in [7, 11) is 0. The van der Waals surface area contributed by atoms with Gasteiger partial charge in [0.1, 0.15) is 0 Å². The van der Waals surface area contributed by atoms with Crippen molar-refractivity contribution < 1.29 is 4.79 Å². The minimum Gasteiger partial charge on any atom is -0.366 e. The Balaban J connectivity index is 2.14. The number of para-hydroxylation sites is 1. The highest BCUT2D eigenvalue weighted by Crippen LogP contribution is 2.35. The van der Waals surface area contributed by atoms with E-state index in [0.717, 1.165) is 38.5 Å². The zero-order valence-electron chi connectivity index (χ0n) is 12.6. The molecule has 0 aliphatic heterocycles. The van der Waals surface area contributed by atoms with Gasteiger partial charge < -0.3 is 10.7 Å². The first-order chi connectivity index (χ1) is 11.2. The van der Waals surface area contributed by atoms with Crippen LogP contribution in [0.2, 0.25) is 0 Å². The summed E-state index contributed by atoms with van der Waals surface area (Å²) in [6.07, 6.45) is 3.62. The maximum atomic E-state index is 11.9. The van der Waals surface area contributed by atoms with Crippen molar-refractivity contribution in [2.45, 2.75) is 6.92 Å². The summed E-state index contributed by atoms with van der Waals surface area (Å²) in [5.74, 6) is -0.418. The number of pyridine rings is 1. The summed E-state index contributed by atoms with van der Waals surface area (Å²) in [4.78, 5) is 19.5. The van der Waals surface area contributed by atoms with Crippen LogP contribution in [0.25, 0.3) is 32.9 Å². The van der Waals surface area contributed by atoms with Gasteiger partial charge in [0.2, 0.25) is 5.91 Å². The molecule has 2 heterocycles. The van der Waals surface area contributed by atoms with Crippen LogP contribution in [-0.2, 0) is 0 Å².